The molecule has 6 nitrogen and oxygen atoms in total. The molecule has 3 amide bonds. The molecule has 1 aliphatic carbocycles. The number of nitrogens with one attached hydrogen (secondary N) is 3. The second kappa shape index (κ2) is 7.69. The number of methoxy groups -OCH3 is 1. The van der Waals surface area contributed by atoms with Crippen LogP contribution in [0.5, 0.6) is 5.75 Å². The van der Waals surface area contributed by atoms with Crippen LogP contribution < -0.4 is 20.7 Å². The molecule has 2 aromatic rings. The number of ether oxygens (including phenoxy) is 1. The molecule has 0 aromatic heterocycles. The molecule has 0 spiro atoms. The van der Waals surface area contributed by atoms with Crippen molar-refractivity contribution in [2.45, 2.75) is 30.7 Å². The van der Waals surface area contributed by atoms with Gasteiger partial charge in [-0.3, -0.25) is 4.79 Å². The largest absolute Gasteiger partial charge is 0.497 e. The summed E-state index contributed by atoms with van der Waals surface area (Å²) in [6.45, 7) is 0.0139. The Morgan fingerprint density at radius 2 is 1.79 bits per heavy atom. The average Bonchev–Trinajstić information content (AvgIpc) is 3.48. The highest BCUT2D eigenvalue weighted by molar-refractivity contribution is 5.95. The van der Waals surface area contributed by atoms with Crippen LogP contribution >= 0.6 is 0 Å². The topological polar surface area (TPSA) is 79.5 Å². The standard InChI is InChI=1S/C21H21F2N3O3/c1-29-14-8-16(22)18(17(23)9-14)15-10-24-20(27)19(15)26-21(28)25-13-6-4-12(5-7-13)11-2-3-11/h4-9,11,15,19H,2-3,10H2,1H3,(H,24,27)(H2,25,26,28)/t15-,19+/m0/s1. The summed E-state index contributed by atoms with van der Waals surface area (Å²) in [4.78, 5) is 24.6. The third-order valence-corrected chi connectivity index (χ3v) is 5.34. The Bertz CT molecular complexity index is 922. The number of benzene rings is 2. The summed E-state index contributed by atoms with van der Waals surface area (Å²) in [6.07, 6.45) is 2.37. The van der Waals surface area contributed by atoms with Crippen LogP contribution in [0.15, 0.2) is 36.4 Å². The minimum Gasteiger partial charge on any atom is -0.497 e. The summed E-state index contributed by atoms with van der Waals surface area (Å²) in [6, 6.07) is 7.90. The van der Waals surface area contributed by atoms with Crippen molar-refractivity contribution in [2.24, 2.45) is 0 Å². The van der Waals surface area contributed by atoms with Crippen LogP contribution in [0.2, 0.25) is 0 Å². The van der Waals surface area contributed by atoms with Crippen molar-refractivity contribution in [3.8, 4) is 5.75 Å². The van der Waals surface area contributed by atoms with Crippen LogP contribution in [0.4, 0.5) is 19.3 Å². The molecule has 1 aliphatic heterocycles. The molecule has 152 valence electrons. The van der Waals surface area contributed by atoms with E-state index in [9.17, 15) is 18.4 Å². The molecule has 2 fully saturated rings. The predicted octanol–water partition coefficient (Wildman–Crippen LogP) is 3.25. The van der Waals surface area contributed by atoms with Gasteiger partial charge in [-0.1, -0.05) is 12.1 Å². The van der Waals surface area contributed by atoms with Gasteiger partial charge >= 0.3 is 6.03 Å². The van der Waals surface area contributed by atoms with Crippen LogP contribution in [0.1, 0.15) is 35.8 Å². The summed E-state index contributed by atoms with van der Waals surface area (Å²) in [7, 11) is 1.31. The molecule has 2 atom stereocenters. The maximum absolute atomic E-state index is 14.5. The summed E-state index contributed by atoms with van der Waals surface area (Å²) in [5.74, 6) is -2.38. The molecule has 1 saturated heterocycles. The number of carbonyl (C=O) groups excluding carboxylic acids is 2. The van der Waals surface area contributed by atoms with E-state index in [1.807, 2.05) is 12.1 Å². The molecular formula is C21H21F2N3O3. The summed E-state index contributed by atoms with van der Waals surface area (Å²) >= 11 is 0. The lowest BCUT2D eigenvalue weighted by Crippen LogP contribution is -2.45. The fourth-order valence-electron chi connectivity index (χ4n) is 3.65. The van der Waals surface area contributed by atoms with E-state index >= 15 is 0 Å². The maximum atomic E-state index is 14.5. The van der Waals surface area contributed by atoms with Crippen molar-refractivity contribution in [1.29, 1.82) is 0 Å². The lowest BCUT2D eigenvalue weighted by Gasteiger charge is -2.20. The number of urea groups is 1. The lowest BCUT2D eigenvalue weighted by molar-refractivity contribution is -0.120. The van der Waals surface area contributed by atoms with E-state index in [0.29, 0.717) is 11.6 Å². The second-order valence-corrected chi connectivity index (χ2v) is 7.33. The van der Waals surface area contributed by atoms with Gasteiger partial charge in [-0.15, -0.1) is 0 Å². The number of amides is 3. The van der Waals surface area contributed by atoms with E-state index in [0.717, 1.165) is 12.1 Å². The summed E-state index contributed by atoms with van der Waals surface area (Å²) in [5, 5.41) is 7.74. The van der Waals surface area contributed by atoms with Gasteiger partial charge in [0.05, 0.1) is 7.11 Å². The Morgan fingerprint density at radius 3 is 2.38 bits per heavy atom. The first-order valence-corrected chi connectivity index (χ1v) is 9.44. The minimum atomic E-state index is -1.10. The average molecular weight is 401 g/mol. The van der Waals surface area contributed by atoms with Gasteiger partial charge in [0.25, 0.3) is 0 Å². The van der Waals surface area contributed by atoms with Crippen molar-refractivity contribution in [1.82, 2.24) is 10.6 Å². The van der Waals surface area contributed by atoms with Gasteiger partial charge in [-0.25, -0.2) is 13.6 Å². The molecule has 1 heterocycles. The van der Waals surface area contributed by atoms with Gasteiger partial charge in [-0.2, -0.15) is 0 Å². The van der Waals surface area contributed by atoms with E-state index in [1.165, 1.54) is 25.5 Å². The second-order valence-electron chi connectivity index (χ2n) is 7.33. The number of rotatable bonds is 5. The van der Waals surface area contributed by atoms with Crippen LogP contribution in [-0.2, 0) is 4.79 Å². The van der Waals surface area contributed by atoms with E-state index < -0.39 is 35.5 Å². The molecular weight excluding hydrogens is 380 g/mol. The lowest BCUT2D eigenvalue weighted by atomic mass is 9.93. The first kappa shape index (κ1) is 19.2. The highest BCUT2D eigenvalue weighted by atomic mass is 19.1. The van der Waals surface area contributed by atoms with Gasteiger partial charge in [0.15, 0.2) is 0 Å². The fourth-order valence-corrected chi connectivity index (χ4v) is 3.65. The monoisotopic (exact) mass is 401 g/mol. The fraction of sp³-hybridized carbons (Fsp3) is 0.333. The van der Waals surface area contributed by atoms with Gasteiger partial charge < -0.3 is 20.7 Å². The highest BCUT2D eigenvalue weighted by Gasteiger charge is 2.40. The molecule has 8 heteroatoms. The molecule has 0 unspecified atom stereocenters. The normalized spacial score (nSPS) is 20.9. The van der Waals surface area contributed by atoms with E-state index in [-0.39, 0.29) is 17.9 Å². The zero-order chi connectivity index (χ0) is 20.5. The zero-order valence-electron chi connectivity index (χ0n) is 15.8. The molecule has 3 N–H and O–H groups in total. The predicted molar refractivity (Wildman–Crippen MR) is 103 cm³/mol. The van der Waals surface area contributed by atoms with Gasteiger partial charge in [0.2, 0.25) is 5.91 Å². The summed E-state index contributed by atoms with van der Waals surface area (Å²) in [5.41, 5.74) is 1.54. The Hall–Kier alpha value is -3.16. The van der Waals surface area contributed by atoms with E-state index in [2.05, 4.69) is 16.0 Å². The van der Waals surface area contributed by atoms with Crippen LogP contribution in [0.25, 0.3) is 0 Å². The molecule has 4 rings (SSSR count). The number of hydrogen-bond donors (Lipinski definition) is 3. The van der Waals surface area contributed by atoms with Crippen molar-refractivity contribution in [3.63, 3.8) is 0 Å². The van der Waals surface area contributed by atoms with Crippen molar-refractivity contribution in [2.75, 3.05) is 19.0 Å². The van der Waals surface area contributed by atoms with Gasteiger partial charge in [0.1, 0.15) is 23.4 Å². The maximum Gasteiger partial charge on any atom is 0.319 e. The van der Waals surface area contributed by atoms with E-state index in [4.69, 9.17) is 4.74 Å². The third-order valence-electron chi connectivity index (χ3n) is 5.34. The number of halogens is 2. The SMILES string of the molecule is COc1cc(F)c([C@@H]2CNC(=O)[C@@H]2NC(=O)Nc2ccc(C3CC3)cc2)c(F)c1. The molecule has 1 saturated carbocycles. The Balaban J connectivity index is 1.47. The first-order valence-electron chi connectivity index (χ1n) is 9.44. The van der Waals surface area contributed by atoms with E-state index in [1.54, 1.807) is 12.1 Å². The highest BCUT2D eigenvalue weighted by Crippen LogP contribution is 2.40. The van der Waals surface area contributed by atoms with Crippen molar-refractivity contribution >= 4 is 17.6 Å². The quantitative estimate of drug-likeness (QED) is 0.720. The molecule has 2 aromatic carbocycles. The zero-order valence-corrected chi connectivity index (χ0v) is 15.8. The van der Waals surface area contributed by atoms with Gasteiger partial charge in [0, 0.05) is 35.8 Å². The number of carbonyl (C=O) groups is 2. The smallest absolute Gasteiger partial charge is 0.319 e. The van der Waals surface area contributed by atoms with Gasteiger partial charge in [-0.05, 0) is 36.5 Å². The van der Waals surface area contributed by atoms with Crippen LogP contribution in [-0.4, -0.2) is 31.6 Å². The molecule has 0 bridgehead atoms. The first-order chi connectivity index (χ1) is 14.0. The minimum absolute atomic E-state index is 0.0139. The third kappa shape index (κ3) is 4.01. The number of anilines is 1. The molecule has 2 aliphatic rings. The van der Waals surface area contributed by atoms with Crippen LogP contribution in [0, 0.1) is 11.6 Å². The Kier molecular flexibility index (Phi) is 5.08. The number of hydrogen-bond acceptors (Lipinski definition) is 3. The molecule has 29 heavy (non-hydrogen) atoms. The van der Waals surface area contributed by atoms with Crippen molar-refractivity contribution in [3.05, 3.63) is 59.2 Å². The Labute approximate surface area is 166 Å². The van der Waals surface area contributed by atoms with Crippen LogP contribution in [0.3, 0.4) is 0 Å². The molecule has 0 radical (unpaired) electrons. The summed E-state index contributed by atoms with van der Waals surface area (Å²) < 4.78 is 33.8. The van der Waals surface area contributed by atoms with Crippen molar-refractivity contribution < 1.29 is 23.1 Å². The Morgan fingerprint density at radius 1 is 1.14 bits per heavy atom.